The maximum Gasteiger partial charge on any atom is 0.0662 e. The Labute approximate surface area is 112 Å². The van der Waals surface area contributed by atoms with Crippen LogP contribution < -0.4 is 0 Å². The smallest absolute Gasteiger partial charge is 0.0662 e. The summed E-state index contributed by atoms with van der Waals surface area (Å²) >= 11 is 8.69. The quantitative estimate of drug-likeness (QED) is 0.458. The van der Waals surface area contributed by atoms with Gasteiger partial charge in [-0.05, 0) is 68.4 Å². The fraction of sp³-hybridized carbons (Fsp3) is 0.111. The standard InChI is InChI=1S/C9H4I2S2/c10-8-1-4-5-2-9(11)13-7(5)3-6(4)12-8/h1-2H,3H2. The summed E-state index contributed by atoms with van der Waals surface area (Å²) in [6.45, 7) is 0. The molecule has 0 spiro atoms. The minimum absolute atomic E-state index is 1.17. The molecule has 0 bridgehead atoms. The van der Waals surface area contributed by atoms with E-state index in [9.17, 15) is 0 Å². The van der Waals surface area contributed by atoms with Crippen molar-refractivity contribution in [2.24, 2.45) is 0 Å². The highest BCUT2D eigenvalue weighted by molar-refractivity contribution is 14.1. The van der Waals surface area contributed by atoms with Crippen molar-refractivity contribution < 1.29 is 0 Å². The van der Waals surface area contributed by atoms with Crippen LogP contribution >= 0.6 is 67.9 Å². The molecule has 13 heavy (non-hydrogen) atoms. The maximum atomic E-state index is 2.41. The van der Waals surface area contributed by atoms with Gasteiger partial charge >= 0.3 is 0 Å². The summed E-state index contributed by atoms with van der Waals surface area (Å²) in [5.41, 5.74) is 2.98. The number of halogens is 2. The second-order valence-corrected chi connectivity index (χ2v) is 9.01. The van der Waals surface area contributed by atoms with Gasteiger partial charge in [-0.1, -0.05) is 0 Å². The number of fused-ring (bicyclic) bond motifs is 3. The van der Waals surface area contributed by atoms with E-state index in [-0.39, 0.29) is 0 Å². The number of rotatable bonds is 0. The summed E-state index contributed by atoms with van der Waals surface area (Å²) in [5.74, 6) is 0. The Balaban J connectivity index is 2.28. The van der Waals surface area contributed by atoms with Gasteiger partial charge < -0.3 is 0 Å². The average molecular weight is 430 g/mol. The molecular formula is C9H4I2S2. The van der Waals surface area contributed by atoms with Gasteiger partial charge in [-0.25, -0.2) is 0 Å². The average Bonchev–Trinajstić information content (AvgIpc) is 2.60. The molecule has 2 aromatic rings. The molecular weight excluding hydrogens is 426 g/mol. The first-order chi connectivity index (χ1) is 6.24. The van der Waals surface area contributed by atoms with Crippen LogP contribution in [0.5, 0.6) is 0 Å². The summed E-state index contributed by atoms with van der Waals surface area (Å²) < 4.78 is 2.82. The Morgan fingerprint density at radius 2 is 1.38 bits per heavy atom. The molecule has 0 fully saturated rings. The molecule has 66 valence electrons. The van der Waals surface area contributed by atoms with E-state index >= 15 is 0 Å². The number of thiophene rings is 2. The molecule has 0 atom stereocenters. The van der Waals surface area contributed by atoms with Crippen molar-refractivity contribution in [1.29, 1.82) is 0 Å². The Morgan fingerprint density at radius 3 is 1.85 bits per heavy atom. The molecule has 0 nitrogen and oxygen atoms in total. The van der Waals surface area contributed by atoms with Gasteiger partial charge in [0.15, 0.2) is 0 Å². The molecule has 0 aromatic carbocycles. The third kappa shape index (κ3) is 1.40. The van der Waals surface area contributed by atoms with Gasteiger partial charge in [-0.3, -0.25) is 0 Å². The van der Waals surface area contributed by atoms with Gasteiger partial charge in [-0.2, -0.15) is 0 Å². The van der Waals surface area contributed by atoms with Crippen LogP contribution in [0, 0.1) is 5.77 Å². The maximum absolute atomic E-state index is 2.41. The monoisotopic (exact) mass is 430 g/mol. The lowest BCUT2D eigenvalue weighted by molar-refractivity contribution is 1.38. The zero-order valence-electron chi connectivity index (χ0n) is 6.43. The van der Waals surface area contributed by atoms with E-state index in [0.717, 1.165) is 0 Å². The van der Waals surface area contributed by atoms with Gasteiger partial charge in [0.1, 0.15) is 0 Å². The molecule has 0 saturated heterocycles. The third-order valence-electron chi connectivity index (χ3n) is 2.17. The molecule has 0 saturated carbocycles. The summed E-state index contributed by atoms with van der Waals surface area (Å²) in [5, 5.41) is 0. The molecule has 4 heteroatoms. The van der Waals surface area contributed by atoms with E-state index in [1.807, 2.05) is 22.7 Å². The Bertz CT molecular complexity index is 438. The van der Waals surface area contributed by atoms with E-state index in [0.29, 0.717) is 0 Å². The molecule has 3 rings (SSSR count). The molecule has 0 N–H and O–H groups in total. The molecule has 2 heterocycles. The molecule has 1 aliphatic carbocycles. The minimum atomic E-state index is 1.17. The molecule has 1 aliphatic rings. The first-order valence-electron chi connectivity index (χ1n) is 3.81. The van der Waals surface area contributed by atoms with Crippen molar-refractivity contribution in [2.75, 3.05) is 0 Å². The van der Waals surface area contributed by atoms with Gasteiger partial charge in [-0.15, -0.1) is 22.7 Å². The summed E-state index contributed by atoms with van der Waals surface area (Å²) in [6.07, 6.45) is 1.17. The minimum Gasteiger partial charge on any atom is -0.133 e. The predicted octanol–water partition coefficient (Wildman–Crippen LogP) is 4.59. The van der Waals surface area contributed by atoms with Crippen molar-refractivity contribution in [3.63, 3.8) is 0 Å². The van der Waals surface area contributed by atoms with E-state index in [1.165, 1.54) is 23.3 Å². The van der Waals surface area contributed by atoms with Crippen LogP contribution in [0.25, 0.3) is 11.1 Å². The van der Waals surface area contributed by atoms with Gasteiger partial charge in [0.05, 0.1) is 5.77 Å². The second-order valence-electron chi connectivity index (χ2n) is 2.95. The highest BCUT2D eigenvalue weighted by Gasteiger charge is 2.23. The van der Waals surface area contributed by atoms with Crippen LogP contribution in [0.4, 0.5) is 0 Å². The normalized spacial score (nSPS) is 13.1. The van der Waals surface area contributed by atoms with Crippen molar-refractivity contribution in [2.45, 2.75) is 6.42 Å². The topological polar surface area (TPSA) is 0 Å². The summed E-state index contributed by atoms with van der Waals surface area (Å²) in [7, 11) is 0. The van der Waals surface area contributed by atoms with Gasteiger partial charge in [0.2, 0.25) is 0 Å². The molecule has 0 amide bonds. The molecule has 0 unspecified atom stereocenters. The fourth-order valence-electron chi connectivity index (χ4n) is 1.66. The van der Waals surface area contributed by atoms with Crippen LogP contribution in [-0.4, -0.2) is 0 Å². The van der Waals surface area contributed by atoms with Crippen molar-refractivity contribution in [3.8, 4) is 11.1 Å². The number of hydrogen-bond donors (Lipinski definition) is 0. The molecule has 0 radical (unpaired) electrons. The Kier molecular flexibility index (Phi) is 2.23. The van der Waals surface area contributed by atoms with E-state index in [4.69, 9.17) is 0 Å². The van der Waals surface area contributed by atoms with Crippen molar-refractivity contribution in [3.05, 3.63) is 27.7 Å². The van der Waals surface area contributed by atoms with Crippen LogP contribution in [-0.2, 0) is 6.42 Å². The lowest BCUT2D eigenvalue weighted by Crippen LogP contribution is -1.68. The largest absolute Gasteiger partial charge is 0.133 e. The highest BCUT2D eigenvalue weighted by Crippen LogP contribution is 2.45. The predicted molar refractivity (Wildman–Crippen MR) is 75.9 cm³/mol. The van der Waals surface area contributed by atoms with E-state index in [2.05, 4.69) is 57.3 Å². The van der Waals surface area contributed by atoms with Crippen molar-refractivity contribution in [1.82, 2.24) is 0 Å². The first-order valence-corrected chi connectivity index (χ1v) is 7.60. The van der Waals surface area contributed by atoms with Crippen molar-refractivity contribution >= 4 is 67.9 Å². The van der Waals surface area contributed by atoms with E-state index < -0.39 is 0 Å². The number of hydrogen-bond acceptors (Lipinski definition) is 2. The van der Waals surface area contributed by atoms with Crippen LogP contribution in [0.15, 0.2) is 12.1 Å². The van der Waals surface area contributed by atoms with E-state index in [1.54, 1.807) is 9.75 Å². The lowest BCUT2D eigenvalue weighted by Gasteiger charge is -1.86. The second kappa shape index (κ2) is 3.18. The summed E-state index contributed by atoms with van der Waals surface area (Å²) in [4.78, 5) is 3.11. The van der Waals surface area contributed by atoms with Gasteiger partial charge in [0, 0.05) is 16.2 Å². The zero-order chi connectivity index (χ0) is 9.00. The van der Waals surface area contributed by atoms with Gasteiger partial charge in [0.25, 0.3) is 0 Å². The SMILES string of the molecule is Ic1cc2c(s1)Cc1sc(I)cc1-2. The first kappa shape index (κ1) is 9.11. The molecule has 2 aromatic heterocycles. The van der Waals surface area contributed by atoms with Crippen LogP contribution in [0.1, 0.15) is 9.75 Å². The lowest BCUT2D eigenvalue weighted by atomic mass is 10.2. The van der Waals surface area contributed by atoms with Crippen LogP contribution in [0.2, 0.25) is 0 Å². The fourth-order valence-corrected chi connectivity index (χ4v) is 5.78. The summed E-state index contributed by atoms with van der Waals surface area (Å²) in [6, 6.07) is 4.63. The Hall–Kier alpha value is 0.860. The van der Waals surface area contributed by atoms with Crippen LogP contribution in [0.3, 0.4) is 0 Å². The zero-order valence-corrected chi connectivity index (χ0v) is 12.4. The third-order valence-corrected chi connectivity index (χ3v) is 5.96. The molecule has 0 aliphatic heterocycles. The Morgan fingerprint density at radius 1 is 0.923 bits per heavy atom. The highest BCUT2D eigenvalue weighted by atomic mass is 127.